The predicted octanol–water partition coefficient (Wildman–Crippen LogP) is 1.82. The Morgan fingerprint density at radius 3 is 3.00 bits per heavy atom. The number of hydrogen-bond donors (Lipinski definition) is 1. The number of rotatable bonds is 3. The molecule has 0 aliphatic carbocycles. The summed E-state index contributed by atoms with van der Waals surface area (Å²) in [5.74, 6) is 0.802. The molecular weight excluding hydrogens is 240 g/mol. The Labute approximate surface area is 111 Å². The molecule has 1 aliphatic heterocycles. The van der Waals surface area contributed by atoms with Gasteiger partial charge in [0.05, 0.1) is 12.1 Å². The van der Waals surface area contributed by atoms with E-state index in [9.17, 15) is 4.79 Å². The van der Waals surface area contributed by atoms with Crippen LogP contribution < -0.4 is 10.1 Å². The Balaban J connectivity index is 1.56. The molecule has 0 bridgehead atoms. The van der Waals surface area contributed by atoms with Crippen molar-refractivity contribution >= 4 is 5.91 Å². The van der Waals surface area contributed by atoms with Crippen LogP contribution in [0.5, 0.6) is 5.75 Å². The fraction of sp³-hybridized carbons (Fsp3) is 0.200. The SMILES string of the molecule is O=C(NCC1Cc2ccccc2O1)c1cccnc1. The molecule has 1 atom stereocenters. The van der Waals surface area contributed by atoms with E-state index in [1.54, 1.807) is 24.5 Å². The fourth-order valence-corrected chi connectivity index (χ4v) is 2.17. The van der Waals surface area contributed by atoms with Gasteiger partial charge in [0.25, 0.3) is 5.91 Å². The lowest BCUT2D eigenvalue weighted by atomic mass is 10.1. The van der Waals surface area contributed by atoms with Crippen LogP contribution in [0.3, 0.4) is 0 Å². The molecule has 3 rings (SSSR count). The van der Waals surface area contributed by atoms with Crippen LogP contribution in [0.2, 0.25) is 0 Å². The van der Waals surface area contributed by atoms with E-state index in [0.29, 0.717) is 12.1 Å². The van der Waals surface area contributed by atoms with Crippen LogP contribution in [0.1, 0.15) is 15.9 Å². The van der Waals surface area contributed by atoms with Gasteiger partial charge in [-0.05, 0) is 23.8 Å². The minimum atomic E-state index is -0.118. The third-order valence-corrected chi connectivity index (χ3v) is 3.13. The highest BCUT2D eigenvalue weighted by Crippen LogP contribution is 2.27. The van der Waals surface area contributed by atoms with Gasteiger partial charge in [0.15, 0.2) is 0 Å². The number of fused-ring (bicyclic) bond motifs is 1. The van der Waals surface area contributed by atoms with E-state index in [4.69, 9.17) is 4.74 Å². The summed E-state index contributed by atoms with van der Waals surface area (Å²) in [6.45, 7) is 0.502. The van der Waals surface area contributed by atoms with Gasteiger partial charge in [-0.1, -0.05) is 18.2 Å². The lowest BCUT2D eigenvalue weighted by molar-refractivity contribution is 0.0933. The standard InChI is InChI=1S/C15H14N2O2/c18-15(12-5-3-7-16-9-12)17-10-13-8-11-4-1-2-6-14(11)19-13/h1-7,9,13H,8,10H2,(H,17,18). The summed E-state index contributed by atoms with van der Waals surface area (Å²) < 4.78 is 5.76. The summed E-state index contributed by atoms with van der Waals surface area (Å²) >= 11 is 0. The minimum Gasteiger partial charge on any atom is -0.488 e. The number of aromatic nitrogens is 1. The molecule has 1 aromatic carbocycles. The van der Waals surface area contributed by atoms with Crippen molar-refractivity contribution in [2.75, 3.05) is 6.54 Å². The number of carbonyl (C=O) groups excluding carboxylic acids is 1. The van der Waals surface area contributed by atoms with E-state index in [1.807, 2.05) is 18.2 Å². The van der Waals surface area contributed by atoms with Gasteiger partial charge < -0.3 is 10.1 Å². The molecule has 19 heavy (non-hydrogen) atoms. The van der Waals surface area contributed by atoms with E-state index in [2.05, 4.69) is 16.4 Å². The molecule has 4 nitrogen and oxygen atoms in total. The van der Waals surface area contributed by atoms with Crippen LogP contribution in [0, 0.1) is 0 Å². The number of carbonyl (C=O) groups is 1. The molecule has 0 saturated heterocycles. The van der Waals surface area contributed by atoms with Crippen LogP contribution in [-0.4, -0.2) is 23.5 Å². The molecule has 0 saturated carbocycles. The summed E-state index contributed by atoms with van der Waals surface area (Å²) in [6, 6.07) is 11.5. The molecule has 0 radical (unpaired) electrons. The number of para-hydroxylation sites is 1. The molecule has 96 valence electrons. The van der Waals surface area contributed by atoms with Gasteiger partial charge >= 0.3 is 0 Å². The number of amides is 1. The zero-order valence-electron chi connectivity index (χ0n) is 10.4. The Bertz CT molecular complexity index is 559. The van der Waals surface area contributed by atoms with Crippen LogP contribution in [0.25, 0.3) is 0 Å². The first-order chi connectivity index (χ1) is 9.33. The number of nitrogens with one attached hydrogen (secondary N) is 1. The van der Waals surface area contributed by atoms with Gasteiger partial charge in [-0.25, -0.2) is 0 Å². The van der Waals surface area contributed by atoms with Crippen LogP contribution >= 0.6 is 0 Å². The van der Waals surface area contributed by atoms with Gasteiger partial charge in [-0.3, -0.25) is 9.78 Å². The minimum absolute atomic E-state index is 0.0121. The summed E-state index contributed by atoms with van der Waals surface area (Å²) in [4.78, 5) is 15.8. The molecule has 0 fully saturated rings. The summed E-state index contributed by atoms with van der Waals surface area (Å²) in [5, 5.41) is 2.87. The topological polar surface area (TPSA) is 51.2 Å². The zero-order chi connectivity index (χ0) is 13.1. The lowest BCUT2D eigenvalue weighted by Crippen LogP contribution is -2.34. The molecule has 2 aromatic rings. The van der Waals surface area contributed by atoms with E-state index < -0.39 is 0 Å². The first-order valence-corrected chi connectivity index (χ1v) is 6.26. The number of ether oxygens (including phenoxy) is 1. The molecular formula is C15H14N2O2. The summed E-state index contributed by atoms with van der Waals surface area (Å²) in [7, 11) is 0. The van der Waals surface area contributed by atoms with E-state index in [0.717, 1.165) is 12.2 Å². The first-order valence-electron chi connectivity index (χ1n) is 6.26. The van der Waals surface area contributed by atoms with E-state index in [1.165, 1.54) is 5.56 Å². The summed E-state index contributed by atoms with van der Waals surface area (Å²) in [6.07, 6.45) is 4.05. The highest BCUT2D eigenvalue weighted by molar-refractivity contribution is 5.93. The fourth-order valence-electron chi connectivity index (χ4n) is 2.17. The maximum absolute atomic E-state index is 11.9. The van der Waals surface area contributed by atoms with E-state index in [-0.39, 0.29) is 12.0 Å². The van der Waals surface area contributed by atoms with E-state index >= 15 is 0 Å². The van der Waals surface area contributed by atoms with Crippen molar-refractivity contribution in [3.63, 3.8) is 0 Å². The number of pyridine rings is 1. The Hall–Kier alpha value is -2.36. The Morgan fingerprint density at radius 1 is 1.32 bits per heavy atom. The van der Waals surface area contributed by atoms with Crippen molar-refractivity contribution in [3.05, 3.63) is 59.9 Å². The molecule has 2 heterocycles. The van der Waals surface area contributed by atoms with Crippen molar-refractivity contribution in [3.8, 4) is 5.75 Å². The molecule has 1 aliphatic rings. The predicted molar refractivity (Wildman–Crippen MR) is 71.1 cm³/mol. The van der Waals surface area contributed by atoms with Crippen molar-refractivity contribution < 1.29 is 9.53 Å². The van der Waals surface area contributed by atoms with Crippen molar-refractivity contribution in [1.82, 2.24) is 10.3 Å². The van der Waals surface area contributed by atoms with Crippen molar-refractivity contribution in [1.29, 1.82) is 0 Å². The number of benzene rings is 1. The number of nitrogens with zero attached hydrogens (tertiary/aromatic N) is 1. The molecule has 1 amide bonds. The van der Waals surface area contributed by atoms with Gasteiger partial charge in [-0.15, -0.1) is 0 Å². The molecule has 1 unspecified atom stereocenters. The van der Waals surface area contributed by atoms with Crippen molar-refractivity contribution in [2.24, 2.45) is 0 Å². The molecule has 1 N–H and O–H groups in total. The Kier molecular flexibility index (Phi) is 3.14. The van der Waals surface area contributed by atoms with Crippen molar-refractivity contribution in [2.45, 2.75) is 12.5 Å². The average molecular weight is 254 g/mol. The van der Waals surface area contributed by atoms with Gasteiger partial charge in [0.1, 0.15) is 11.9 Å². The first kappa shape index (κ1) is 11.7. The summed E-state index contributed by atoms with van der Waals surface area (Å²) in [5.41, 5.74) is 1.76. The molecule has 1 aromatic heterocycles. The van der Waals surface area contributed by atoms with Crippen LogP contribution in [0.15, 0.2) is 48.8 Å². The highest BCUT2D eigenvalue weighted by Gasteiger charge is 2.22. The zero-order valence-corrected chi connectivity index (χ0v) is 10.4. The van der Waals surface area contributed by atoms with Gasteiger partial charge in [0, 0.05) is 18.8 Å². The van der Waals surface area contributed by atoms with Crippen LogP contribution in [-0.2, 0) is 6.42 Å². The largest absolute Gasteiger partial charge is 0.488 e. The van der Waals surface area contributed by atoms with Crippen LogP contribution in [0.4, 0.5) is 0 Å². The normalized spacial score (nSPS) is 16.5. The second-order valence-corrected chi connectivity index (χ2v) is 4.50. The Morgan fingerprint density at radius 2 is 2.21 bits per heavy atom. The monoisotopic (exact) mass is 254 g/mol. The molecule has 0 spiro atoms. The van der Waals surface area contributed by atoms with Gasteiger partial charge in [0.2, 0.25) is 0 Å². The molecule has 4 heteroatoms. The quantitative estimate of drug-likeness (QED) is 0.909. The lowest BCUT2D eigenvalue weighted by Gasteiger charge is -2.11. The smallest absolute Gasteiger partial charge is 0.252 e. The number of hydrogen-bond acceptors (Lipinski definition) is 3. The second-order valence-electron chi connectivity index (χ2n) is 4.50. The maximum Gasteiger partial charge on any atom is 0.252 e. The highest BCUT2D eigenvalue weighted by atomic mass is 16.5. The van der Waals surface area contributed by atoms with Gasteiger partial charge in [-0.2, -0.15) is 0 Å². The maximum atomic E-state index is 11.9. The third kappa shape index (κ3) is 2.57. The third-order valence-electron chi connectivity index (χ3n) is 3.13. The second kappa shape index (κ2) is 5.10. The average Bonchev–Trinajstić information content (AvgIpc) is 2.88.